The van der Waals surface area contributed by atoms with Crippen molar-refractivity contribution in [3.8, 4) is 0 Å². The van der Waals surface area contributed by atoms with Crippen molar-refractivity contribution in [3.63, 3.8) is 0 Å². The lowest BCUT2D eigenvalue weighted by Gasteiger charge is -2.34. The molecule has 1 aliphatic heterocycles. The van der Waals surface area contributed by atoms with Gasteiger partial charge in [-0.2, -0.15) is 4.31 Å². The highest BCUT2D eigenvalue weighted by molar-refractivity contribution is 7.89. The Morgan fingerprint density at radius 2 is 1.80 bits per heavy atom. The number of anilines is 1. The van der Waals surface area contributed by atoms with E-state index in [4.69, 9.17) is 5.73 Å². The van der Waals surface area contributed by atoms with Gasteiger partial charge in [-0.1, -0.05) is 6.07 Å². The van der Waals surface area contributed by atoms with Gasteiger partial charge in [-0.15, -0.1) is 0 Å². The highest BCUT2D eigenvalue weighted by Gasteiger charge is 2.35. The summed E-state index contributed by atoms with van der Waals surface area (Å²) in [4.78, 5) is 2.75. The normalized spacial score (nSPS) is 22.1. The van der Waals surface area contributed by atoms with Crippen molar-refractivity contribution in [3.05, 3.63) is 23.8 Å². The predicted octanol–water partition coefficient (Wildman–Crippen LogP) is 1.05. The van der Waals surface area contributed by atoms with Gasteiger partial charge in [-0.25, -0.2) is 8.42 Å². The molecule has 0 amide bonds. The smallest absolute Gasteiger partial charge is 0.243 e. The monoisotopic (exact) mass is 295 g/mol. The third-order valence-electron chi connectivity index (χ3n) is 4.17. The van der Waals surface area contributed by atoms with Crippen molar-refractivity contribution in [1.82, 2.24) is 9.21 Å². The molecule has 1 aromatic carbocycles. The maximum atomic E-state index is 12.7. The third kappa shape index (κ3) is 2.55. The second kappa shape index (κ2) is 5.02. The molecule has 1 aromatic rings. The summed E-state index contributed by atoms with van der Waals surface area (Å²) in [7, 11) is -3.42. The van der Waals surface area contributed by atoms with Crippen LogP contribution in [0.1, 0.15) is 18.4 Å². The fraction of sp³-hybridized carbons (Fsp3) is 0.571. The molecule has 0 unspecified atom stereocenters. The maximum absolute atomic E-state index is 12.7. The number of hydrogen-bond donors (Lipinski definition) is 1. The van der Waals surface area contributed by atoms with E-state index in [9.17, 15) is 8.42 Å². The SMILES string of the molecule is Cc1ccc(N)cc1S(=O)(=O)N1CCN(C2CC2)CC1. The average Bonchev–Trinajstić information content (AvgIpc) is 3.26. The van der Waals surface area contributed by atoms with Gasteiger partial charge in [0.2, 0.25) is 10.0 Å². The van der Waals surface area contributed by atoms with Gasteiger partial charge in [0.25, 0.3) is 0 Å². The lowest BCUT2D eigenvalue weighted by atomic mass is 10.2. The molecule has 6 heteroatoms. The standard InChI is InChI=1S/C14H21N3O2S/c1-11-2-3-12(15)10-14(11)20(18,19)17-8-6-16(7-9-17)13-4-5-13/h2-3,10,13H,4-9,15H2,1H3. The molecular weight excluding hydrogens is 274 g/mol. The lowest BCUT2D eigenvalue weighted by molar-refractivity contribution is 0.180. The Balaban J connectivity index is 1.79. The van der Waals surface area contributed by atoms with Crippen LogP contribution in [0.2, 0.25) is 0 Å². The highest BCUT2D eigenvalue weighted by atomic mass is 32.2. The molecule has 2 aliphatic rings. The Kier molecular flexibility index (Phi) is 3.48. The molecule has 5 nitrogen and oxygen atoms in total. The van der Waals surface area contributed by atoms with E-state index in [1.165, 1.54) is 12.8 Å². The van der Waals surface area contributed by atoms with Crippen LogP contribution in [0.15, 0.2) is 23.1 Å². The Labute approximate surface area is 120 Å². The van der Waals surface area contributed by atoms with E-state index in [-0.39, 0.29) is 0 Å². The van der Waals surface area contributed by atoms with E-state index in [1.807, 2.05) is 6.92 Å². The molecule has 20 heavy (non-hydrogen) atoms. The molecule has 110 valence electrons. The summed E-state index contributed by atoms with van der Waals surface area (Å²) in [5.41, 5.74) is 6.98. The molecule has 1 aliphatic carbocycles. The van der Waals surface area contributed by atoms with E-state index >= 15 is 0 Å². The predicted molar refractivity (Wildman–Crippen MR) is 78.9 cm³/mol. The zero-order valence-electron chi connectivity index (χ0n) is 11.7. The second-order valence-corrected chi connectivity index (χ2v) is 7.60. The molecule has 0 radical (unpaired) electrons. The lowest BCUT2D eigenvalue weighted by Crippen LogP contribution is -2.49. The highest BCUT2D eigenvalue weighted by Crippen LogP contribution is 2.29. The summed E-state index contributed by atoms with van der Waals surface area (Å²) in [6.45, 7) is 4.64. The Hall–Kier alpha value is -1.11. The largest absolute Gasteiger partial charge is 0.399 e. The van der Waals surface area contributed by atoms with Crippen LogP contribution in [0.25, 0.3) is 0 Å². The first kappa shape index (κ1) is 13.9. The molecule has 0 aromatic heterocycles. The van der Waals surface area contributed by atoms with Crippen LogP contribution in [-0.4, -0.2) is 49.8 Å². The molecular formula is C14H21N3O2S. The quantitative estimate of drug-likeness (QED) is 0.846. The Morgan fingerprint density at radius 3 is 2.40 bits per heavy atom. The van der Waals surface area contributed by atoms with E-state index in [0.717, 1.165) is 18.7 Å². The fourth-order valence-corrected chi connectivity index (χ4v) is 4.46. The van der Waals surface area contributed by atoms with Crippen LogP contribution in [0.3, 0.4) is 0 Å². The maximum Gasteiger partial charge on any atom is 0.243 e. The van der Waals surface area contributed by atoms with Gasteiger partial charge in [-0.05, 0) is 37.5 Å². The fourth-order valence-electron chi connectivity index (χ4n) is 2.78. The summed E-state index contributed by atoms with van der Waals surface area (Å²) < 4.78 is 27.0. The Morgan fingerprint density at radius 1 is 1.15 bits per heavy atom. The zero-order chi connectivity index (χ0) is 14.3. The van der Waals surface area contributed by atoms with Crippen molar-refractivity contribution >= 4 is 15.7 Å². The van der Waals surface area contributed by atoms with Crippen LogP contribution in [0.4, 0.5) is 5.69 Å². The molecule has 2 fully saturated rings. The van der Waals surface area contributed by atoms with E-state index in [1.54, 1.807) is 22.5 Å². The summed E-state index contributed by atoms with van der Waals surface area (Å²) in [5.74, 6) is 0. The molecule has 2 N–H and O–H groups in total. The first-order valence-corrected chi connectivity index (χ1v) is 8.53. The topological polar surface area (TPSA) is 66.6 Å². The minimum absolute atomic E-state index is 0.345. The van der Waals surface area contributed by atoms with Crippen molar-refractivity contribution in [2.24, 2.45) is 0 Å². The number of nitrogen functional groups attached to an aromatic ring is 1. The minimum atomic E-state index is -3.42. The van der Waals surface area contributed by atoms with Crippen LogP contribution in [0.5, 0.6) is 0 Å². The molecule has 1 saturated heterocycles. The van der Waals surface area contributed by atoms with E-state index < -0.39 is 10.0 Å². The third-order valence-corrected chi connectivity index (χ3v) is 6.21. The summed E-state index contributed by atoms with van der Waals surface area (Å²) in [6, 6.07) is 5.77. The number of nitrogens with zero attached hydrogens (tertiary/aromatic N) is 2. The first-order chi connectivity index (χ1) is 9.48. The number of piperazine rings is 1. The molecule has 0 atom stereocenters. The molecule has 3 rings (SSSR count). The first-order valence-electron chi connectivity index (χ1n) is 7.09. The van der Waals surface area contributed by atoms with E-state index in [2.05, 4.69) is 4.90 Å². The average molecular weight is 295 g/mol. The number of sulfonamides is 1. The summed E-state index contributed by atoms with van der Waals surface area (Å²) in [5, 5.41) is 0. The van der Waals surface area contributed by atoms with Gasteiger partial charge in [0.1, 0.15) is 0 Å². The number of benzene rings is 1. The summed E-state index contributed by atoms with van der Waals surface area (Å²) in [6.07, 6.45) is 2.53. The molecule has 1 saturated carbocycles. The Bertz CT molecular complexity index is 603. The van der Waals surface area contributed by atoms with Crippen molar-refractivity contribution in [1.29, 1.82) is 0 Å². The molecule has 0 bridgehead atoms. The van der Waals surface area contributed by atoms with Gasteiger partial charge in [-0.3, -0.25) is 4.90 Å². The van der Waals surface area contributed by atoms with Gasteiger partial charge >= 0.3 is 0 Å². The number of rotatable bonds is 3. The van der Waals surface area contributed by atoms with Crippen LogP contribution >= 0.6 is 0 Å². The van der Waals surface area contributed by atoms with Crippen molar-refractivity contribution in [2.45, 2.75) is 30.7 Å². The number of aryl methyl sites for hydroxylation is 1. The minimum Gasteiger partial charge on any atom is -0.399 e. The number of nitrogens with two attached hydrogens (primary N) is 1. The van der Waals surface area contributed by atoms with Crippen molar-refractivity contribution in [2.75, 3.05) is 31.9 Å². The van der Waals surface area contributed by atoms with Crippen molar-refractivity contribution < 1.29 is 8.42 Å². The van der Waals surface area contributed by atoms with Crippen LogP contribution in [-0.2, 0) is 10.0 Å². The van der Waals surface area contributed by atoms with Gasteiger partial charge in [0.15, 0.2) is 0 Å². The number of hydrogen-bond acceptors (Lipinski definition) is 4. The van der Waals surface area contributed by atoms with Crippen LogP contribution in [0, 0.1) is 6.92 Å². The van der Waals surface area contributed by atoms with E-state index in [0.29, 0.717) is 29.7 Å². The zero-order valence-corrected chi connectivity index (χ0v) is 12.6. The summed E-state index contributed by atoms with van der Waals surface area (Å²) >= 11 is 0. The van der Waals surface area contributed by atoms with Crippen LogP contribution < -0.4 is 5.73 Å². The molecule has 0 spiro atoms. The second-order valence-electron chi connectivity index (χ2n) is 5.70. The molecule has 1 heterocycles. The van der Waals surface area contributed by atoms with Gasteiger partial charge in [0.05, 0.1) is 4.90 Å². The van der Waals surface area contributed by atoms with Gasteiger partial charge in [0, 0.05) is 37.9 Å². The van der Waals surface area contributed by atoms with Gasteiger partial charge < -0.3 is 5.73 Å².